The van der Waals surface area contributed by atoms with Gasteiger partial charge in [-0.05, 0) is 65.0 Å². The maximum Gasteiger partial charge on any atom is 0.00967 e. The molecule has 2 heteroatoms. The van der Waals surface area contributed by atoms with E-state index in [-0.39, 0.29) is 5.54 Å². The molecule has 2 nitrogen and oxygen atoms in total. The summed E-state index contributed by atoms with van der Waals surface area (Å²) < 4.78 is 0. The van der Waals surface area contributed by atoms with E-state index in [4.69, 9.17) is 0 Å². The molecule has 1 N–H and O–H groups in total. The molecule has 2 unspecified atom stereocenters. The summed E-state index contributed by atoms with van der Waals surface area (Å²) in [6.45, 7) is 15.2. The summed E-state index contributed by atoms with van der Waals surface area (Å²) >= 11 is 0. The van der Waals surface area contributed by atoms with E-state index in [1.165, 1.54) is 51.7 Å². The lowest BCUT2D eigenvalue weighted by atomic mass is 9.69. The smallest absolute Gasteiger partial charge is 0.00967 e. The van der Waals surface area contributed by atoms with E-state index in [1.54, 1.807) is 0 Å². The van der Waals surface area contributed by atoms with Gasteiger partial charge in [0.1, 0.15) is 0 Å². The van der Waals surface area contributed by atoms with Crippen LogP contribution in [0, 0.1) is 11.3 Å². The fraction of sp³-hybridized carbons (Fsp3) is 1.00. The maximum atomic E-state index is 3.77. The molecule has 0 saturated heterocycles. The zero-order chi connectivity index (χ0) is 14.5. The normalized spacial score (nSPS) is 28.9. The van der Waals surface area contributed by atoms with Gasteiger partial charge in [-0.2, -0.15) is 0 Å². The van der Waals surface area contributed by atoms with Crippen LogP contribution >= 0.6 is 0 Å². The first-order valence-corrected chi connectivity index (χ1v) is 8.20. The second-order valence-corrected chi connectivity index (χ2v) is 8.04. The van der Waals surface area contributed by atoms with Gasteiger partial charge >= 0.3 is 0 Å². The Hall–Kier alpha value is -0.0800. The summed E-state index contributed by atoms with van der Waals surface area (Å²) in [4.78, 5) is 2.54. The van der Waals surface area contributed by atoms with Crippen LogP contribution < -0.4 is 5.32 Å². The lowest BCUT2D eigenvalue weighted by Crippen LogP contribution is -2.50. The van der Waals surface area contributed by atoms with Crippen LogP contribution in [-0.4, -0.2) is 37.1 Å². The summed E-state index contributed by atoms with van der Waals surface area (Å²) in [6, 6.07) is 0. The van der Waals surface area contributed by atoms with Crippen molar-refractivity contribution in [3.63, 3.8) is 0 Å². The number of hydrogen-bond acceptors (Lipinski definition) is 2. The fourth-order valence-corrected chi connectivity index (χ4v) is 3.61. The summed E-state index contributed by atoms with van der Waals surface area (Å²) in [5.41, 5.74) is 0.728. The zero-order valence-electron chi connectivity index (χ0n) is 14.2. The topological polar surface area (TPSA) is 15.3 Å². The molecule has 1 saturated carbocycles. The van der Waals surface area contributed by atoms with Crippen molar-refractivity contribution in [1.82, 2.24) is 10.2 Å². The van der Waals surface area contributed by atoms with Crippen LogP contribution in [0.4, 0.5) is 0 Å². The van der Waals surface area contributed by atoms with Crippen molar-refractivity contribution in [3.05, 3.63) is 0 Å². The molecule has 1 fully saturated rings. The molecule has 0 heterocycles. The molecule has 0 spiro atoms. The molecular formula is C17H36N2. The fourth-order valence-electron chi connectivity index (χ4n) is 3.61. The highest BCUT2D eigenvalue weighted by molar-refractivity contribution is 4.91. The standard InChI is InChI=1S/C17H36N2/c1-7-11-19(6)14-17(13-18-16(3,4)5)10-8-9-15(2)12-17/h15,18H,7-14H2,1-6H3. The van der Waals surface area contributed by atoms with Gasteiger partial charge in [-0.3, -0.25) is 0 Å². The Balaban J connectivity index is 2.66. The van der Waals surface area contributed by atoms with Gasteiger partial charge in [0.25, 0.3) is 0 Å². The third-order valence-corrected chi connectivity index (χ3v) is 4.39. The Labute approximate surface area is 121 Å². The SMILES string of the molecule is CCCN(C)CC1(CNC(C)(C)C)CCCC(C)C1. The Morgan fingerprint density at radius 1 is 1.32 bits per heavy atom. The van der Waals surface area contributed by atoms with Crippen molar-refractivity contribution in [1.29, 1.82) is 0 Å². The van der Waals surface area contributed by atoms with Crippen LogP contribution in [0.2, 0.25) is 0 Å². The van der Waals surface area contributed by atoms with Gasteiger partial charge in [0.2, 0.25) is 0 Å². The largest absolute Gasteiger partial charge is 0.311 e. The number of nitrogens with one attached hydrogen (secondary N) is 1. The molecule has 0 amide bonds. The van der Waals surface area contributed by atoms with Crippen molar-refractivity contribution >= 4 is 0 Å². The van der Waals surface area contributed by atoms with Gasteiger partial charge in [0, 0.05) is 18.6 Å². The van der Waals surface area contributed by atoms with Crippen LogP contribution in [0.5, 0.6) is 0 Å². The van der Waals surface area contributed by atoms with Gasteiger partial charge in [-0.25, -0.2) is 0 Å². The maximum absolute atomic E-state index is 3.77. The Kier molecular flexibility index (Phi) is 6.32. The molecular weight excluding hydrogens is 232 g/mol. The summed E-state index contributed by atoms with van der Waals surface area (Å²) in [5.74, 6) is 0.894. The molecule has 1 aliphatic carbocycles. The average molecular weight is 268 g/mol. The summed E-state index contributed by atoms with van der Waals surface area (Å²) in [5, 5.41) is 3.77. The summed E-state index contributed by atoms with van der Waals surface area (Å²) in [6.07, 6.45) is 6.88. The van der Waals surface area contributed by atoms with Crippen molar-refractivity contribution in [2.75, 3.05) is 26.7 Å². The van der Waals surface area contributed by atoms with Crippen molar-refractivity contribution in [2.45, 2.75) is 72.3 Å². The van der Waals surface area contributed by atoms with Gasteiger partial charge in [0.05, 0.1) is 0 Å². The molecule has 0 bridgehead atoms. The van der Waals surface area contributed by atoms with Crippen LogP contribution in [0.1, 0.15) is 66.7 Å². The van der Waals surface area contributed by atoms with E-state index in [2.05, 4.69) is 51.9 Å². The van der Waals surface area contributed by atoms with Gasteiger partial charge in [-0.1, -0.05) is 26.7 Å². The predicted molar refractivity (Wildman–Crippen MR) is 85.6 cm³/mol. The highest BCUT2D eigenvalue weighted by atomic mass is 15.1. The Morgan fingerprint density at radius 3 is 2.53 bits per heavy atom. The first kappa shape index (κ1) is 17.0. The second kappa shape index (κ2) is 7.08. The van der Waals surface area contributed by atoms with Gasteiger partial charge in [-0.15, -0.1) is 0 Å². The molecule has 0 aromatic carbocycles. The molecule has 2 atom stereocenters. The van der Waals surface area contributed by atoms with E-state index in [0.717, 1.165) is 5.92 Å². The number of hydrogen-bond donors (Lipinski definition) is 1. The Bertz CT molecular complexity index is 256. The third-order valence-electron chi connectivity index (χ3n) is 4.39. The molecule has 1 rings (SSSR count). The van der Waals surface area contributed by atoms with E-state index in [9.17, 15) is 0 Å². The van der Waals surface area contributed by atoms with Crippen molar-refractivity contribution < 1.29 is 0 Å². The quantitative estimate of drug-likeness (QED) is 0.785. The molecule has 114 valence electrons. The Morgan fingerprint density at radius 2 is 2.00 bits per heavy atom. The lowest BCUT2D eigenvalue weighted by Gasteiger charge is -2.44. The first-order chi connectivity index (χ1) is 8.76. The minimum absolute atomic E-state index is 0.233. The van der Waals surface area contributed by atoms with Crippen LogP contribution in [0.3, 0.4) is 0 Å². The van der Waals surface area contributed by atoms with Crippen molar-refractivity contribution in [2.24, 2.45) is 11.3 Å². The lowest BCUT2D eigenvalue weighted by molar-refractivity contribution is 0.0847. The molecule has 0 aliphatic heterocycles. The number of nitrogens with zero attached hydrogens (tertiary/aromatic N) is 1. The van der Waals surface area contributed by atoms with E-state index < -0.39 is 0 Å². The monoisotopic (exact) mass is 268 g/mol. The minimum Gasteiger partial charge on any atom is -0.311 e. The van der Waals surface area contributed by atoms with Crippen LogP contribution in [0.15, 0.2) is 0 Å². The molecule has 0 aromatic heterocycles. The first-order valence-electron chi connectivity index (χ1n) is 8.20. The summed E-state index contributed by atoms with van der Waals surface area (Å²) in [7, 11) is 2.29. The third kappa shape index (κ3) is 6.27. The predicted octanol–water partition coefficient (Wildman–Crippen LogP) is 3.91. The molecule has 19 heavy (non-hydrogen) atoms. The molecule has 1 aliphatic rings. The molecule has 0 aromatic rings. The highest BCUT2D eigenvalue weighted by Gasteiger charge is 2.36. The minimum atomic E-state index is 0.233. The second-order valence-electron chi connectivity index (χ2n) is 8.04. The highest BCUT2D eigenvalue weighted by Crippen LogP contribution is 2.39. The molecule has 0 radical (unpaired) electrons. The van der Waals surface area contributed by atoms with Crippen molar-refractivity contribution in [3.8, 4) is 0 Å². The zero-order valence-corrected chi connectivity index (χ0v) is 14.2. The van der Waals surface area contributed by atoms with E-state index in [1.807, 2.05) is 0 Å². The van der Waals surface area contributed by atoms with Crippen LogP contribution in [-0.2, 0) is 0 Å². The average Bonchev–Trinajstić information content (AvgIpc) is 2.26. The van der Waals surface area contributed by atoms with E-state index >= 15 is 0 Å². The van der Waals surface area contributed by atoms with Crippen LogP contribution in [0.25, 0.3) is 0 Å². The number of rotatable bonds is 6. The van der Waals surface area contributed by atoms with Gasteiger partial charge < -0.3 is 10.2 Å². The van der Waals surface area contributed by atoms with Gasteiger partial charge in [0.15, 0.2) is 0 Å². The van der Waals surface area contributed by atoms with E-state index in [0.29, 0.717) is 5.41 Å².